The lowest BCUT2D eigenvalue weighted by Gasteiger charge is -2.09. The van der Waals surface area contributed by atoms with Crippen LogP contribution in [-0.4, -0.2) is 51.4 Å². The highest BCUT2D eigenvalue weighted by atomic mass is 16.5. The average molecular weight is 220 g/mol. The maximum atomic E-state index is 8.43. The van der Waals surface area contributed by atoms with Crippen LogP contribution in [-0.2, 0) is 14.2 Å². The summed E-state index contributed by atoms with van der Waals surface area (Å²) in [5.74, 6) is 0.623. The maximum Gasteiger partial charge on any atom is 0.0701 e. The molecule has 4 heteroatoms. The summed E-state index contributed by atoms with van der Waals surface area (Å²) in [7, 11) is 0. The molecule has 0 amide bonds. The molecule has 0 aliphatic carbocycles. The van der Waals surface area contributed by atoms with Crippen molar-refractivity contribution in [3.05, 3.63) is 0 Å². The quantitative estimate of drug-likeness (QED) is 0.529. The Bertz CT molecular complexity index is 119. The third kappa shape index (κ3) is 11.8. The van der Waals surface area contributed by atoms with Crippen LogP contribution < -0.4 is 0 Å². The first-order valence-corrected chi connectivity index (χ1v) is 5.65. The van der Waals surface area contributed by atoms with Gasteiger partial charge in [0.15, 0.2) is 0 Å². The first kappa shape index (κ1) is 14.8. The minimum absolute atomic E-state index is 0.0675. The summed E-state index contributed by atoms with van der Waals surface area (Å²) in [6, 6.07) is 0. The van der Waals surface area contributed by atoms with E-state index in [-0.39, 0.29) is 6.61 Å². The fourth-order valence-electron chi connectivity index (χ4n) is 0.907. The molecule has 0 saturated carbocycles. The highest BCUT2D eigenvalue weighted by molar-refractivity contribution is 4.45. The normalized spacial score (nSPS) is 13.0. The Morgan fingerprint density at radius 2 is 1.47 bits per heavy atom. The van der Waals surface area contributed by atoms with Crippen LogP contribution in [0.15, 0.2) is 0 Å². The van der Waals surface area contributed by atoms with Crippen molar-refractivity contribution in [2.24, 2.45) is 5.92 Å². The Hall–Kier alpha value is -0.160. The second-order valence-corrected chi connectivity index (χ2v) is 3.54. The number of aliphatic hydroxyl groups excluding tert-OH is 1. The van der Waals surface area contributed by atoms with Gasteiger partial charge in [0.25, 0.3) is 0 Å². The van der Waals surface area contributed by atoms with Crippen LogP contribution in [0.4, 0.5) is 0 Å². The molecule has 0 aromatic rings. The molecule has 0 saturated heterocycles. The lowest BCUT2D eigenvalue weighted by atomic mass is 10.1. The van der Waals surface area contributed by atoms with Gasteiger partial charge in [0, 0.05) is 6.61 Å². The van der Waals surface area contributed by atoms with Crippen LogP contribution in [0.5, 0.6) is 0 Å². The summed E-state index contributed by atoms with van der Waals surface area (Å²) in [5, 5.41) is 8.43. The molecule has 0 rings (SSSR count). The van der Waals surface area contributed by atoms with E-state index >= 15 is 0 Å². The fraction of sp³-hybridized carbons (Fsp3) is 1.00. The van der Waals surface area contributed by atoms with Crippen molar-refractivity contribution >= 4 is 0 Å². The van der Waals surface area contributed by atoms with Crippen LogP contribution in [0.3, 0.4) is 0 Å². The zero-order valence-electron chi connectivity index (χ0n) is 9.91. The van der Waals surface area contributed by atoms with Crippen molar-refractivity contribution < 1.29 is 19.3 Å². The van der Waals surface area contributed by atoms with E-state index in [9.17, 15) is 0 Å². The van der Waals surface area contributed by atoms with E-state index in [0.717, 1.165) is 13.0 Å². The highest BCUT2D eigenvalue weighted by Gasteiger charge is 1.97. The largest absolute Gasteiger partial charge is 0.394 e. The Balaban J connectivity index is 2.92. The maximum absolute atomic E-state index is 8.43. The van der Waals surface area contributed by atoms with E-state index in [4.69, 9.17) is 19.3 Å². The van der Waals surface area contributed by atoms with E-state index in [2.05, 4.69) is 13.8 Å². The standard InChI is InChI=1S/C11H24O4/c1-3-11(2)10-15-9-8-14-7-6-13-5-4-12/h11-12H,3-10H2,1-2H3. The highest BCUT2D eigenvalue weighted by Crippen LogP contribution is 1.99. The van der Waals surface area contributed by atoms with E-state index in [1.54, 1.807) is 0 Å². The molecule has 0 radical (unpaired) electrons. The summed E-state index contributed by atoms with van der Waals surface area (Å²) in [5.41, 5.74) is 0. The molecule has 15 heavy (non-hydrogen) atoms. The number of aliphatic hydroxyl groups is 1. The number of hydrogen-bond acceptors (Lipinski definition) is 4. The van der Waals surface area contributed by atoms with Crippen molar-refractivity contribution in [1.82, 2.24) is 0 Å². The Morgan fingerprint density at radius 3 is 2.00 bits per heavy atom. The van der Waals surface area contributed by atoms with Crippen LogP contribution in [0.2, 0.25) is 0 Å². The van der Waals surface area contributed by atoms with E-state index < -0.39 is 0 Å². The Labute approximate surface area is 92.5 Å². The monoisotopic (exact) mass is 220 g/mol. The first-order chi connectivity index (χ1) is 7.31. The molecule has 0 aliphatic heterocycles. The predicted molar refractivity (Wildman–Crippen MR) is 59.0 cm³/mol. The second-order valence-electron chi connectivity index (χ2n) is 3.54. The van der Waals surface area contributed by atoms with Gasteiger partial charge in [0.05, 0.1) is 39.6 Å². The van der Waals surface area contributed by atoms with Crippen molar-refractivity contribution in [2.75, 3.05) is 46.2 Å². The van der Waals surface area contributed by atoms with Crippen molar-refractivity contribution in [3.63, 3.8) is 0 Å². The SMILES string of the molecule is CCC(C)COCCOCCOCCO. The minimum atomic E-state index is 0.0675. The zero-order chi connectivity index (χ0) is 11.4. The van der Waals surface area contributed by atoms with Gasteiger partial charge in [-0.1, -0.05) is 20.3 Å². The van der Waals surface area contributed by atoms with Crippen molar-refractivity contribution in [1.29, 1.82) is 0 Å². The molecule has 0 spiro atoms. The molecule has 4 nitrogen and oxygen atoms in total. The lowest BCUT2D eigenvalue weighted by molar-refractivity contribution is 0.00264. The zero-order valence-corrected chi connectivity index (χ0v) is 9.91. The van der Waals surface area contributed by atoms with Gasteiger partial charge < -0.3 is 19.3 Å². The van der Waals surface area contributed by atoms with Crippen LogP contribution in [0.1, 0.15) is 20.3 Å². The topological polar surface area (TPSA) is 47.9 Å². The molecule has 1 atom stereocenters. The number of hydrogen-bond donors (Lipinski definition) is 1. The van der Waals surface area contributed by atoms with Gasteiger partial charge in [0.2, 0.25) is 0 Å². The molecule has 0 aromatic carbocycles. The third-order valence-electron chi connectivity index (χ3n) is 2.08. The third-order valence-corrected chi connectivity index (χ3v) is 2.08. The molecule has 0 heterocycles. The molecule has 1 N–H and O–H groups in total. The summed E-state index contributed by atoms with van der Waals surface area (Å²) in [6.45, 7) is 7.93. The van der Waals surface area contributed by atoms with E-state index in [0.29, 0.717) is 39.0 Å². The summed E-state index contributed by atoms with van der Waals surface area (Å²) in [4.78, 5) is 0. The van der Waals surface area contributed by atoms with Crippen molar-refractivity contribution in [2.45, 2.75) is 20.3 Å². The van der Waals surface area contributed by atoms with Crippen LogP contribution in [0, 0.1) is 5.92 Å². The van der Waals surface area contributed by atoms with Crippen LogP contribution in [0.25, 0.3) is 0 Å². The molecule has 0 bridgehead atoms. The average Bonchev–Trinajstić information content (AvgIpc) is 2.26. The lowest BCUT2D eigenvalue weighted by Crippen LogP contribution is -2.12. The van der Waals surface area contributed by atoms with Gasteiger partial charge in [0.1, 0.15) is 0 Å². The second kappa shape index (κ2) is 11.9. The van der Waals surface area contributed by atoms with Gasteiger partial charge in [-0.2, -0.15) is 0 Å². The van der Waals surface area contributed by atoms with Gasteiger partial charge in [-0.25, -0.2) is 0 Å². The van der Waals surface area contributed by atoms with Gasteiger partial charge >= 0.3 is 0 Å². The van der Waals surface area contributed by atoms with Gasteiger partial charge in [-0.15, -0.1) is 0 Å². The molecule has 1 unspecified atom stereocenters. The van der Waals surface area contributed by atoms with E-state index in [1.165, 1.54) is 0 Å². The molecular formula is C11H24O4. The Kier molecular flexibility index (Phi) is 11.8. The smallest absolute Gasteiger partial charge is 0.0701 e. The fourth-order valence-corrected chi connectivity index (χ4v) is 0.907. The number of ether oxygens (including phenoxy) is 3. The summed E-state index contributed by atoms with van der Waals surface area (Å²) < 4.78 is 15.7. The summed E-state index contributed by atoms with van der Waals surface area (Å²) in [6.07, 6.45) is 1.15. The first-order valence-electron chi connectivity index (χ1n) is 5.65. The molecular weight excluding hydrogens is 196 g/mol. The minimum Gasteiger partial charge on any atom is -0.394 e. The summed E-state index contributed by atoms with van der Waals surface area (Å²) >= 11 is 0. The van der Waals surface area contributed by atoms with Crippen molar-refractivity contribution in [3.8, 4) is 0 Å². The molecule has 0 aromatic heterocycles. The van der Waals surface area contributed by atoms with E-state index in [1.807, 2.05) is 0 Å². The van der Waals surface area contributed by atoms with Gasteiger partial charge in [-0.05, 0) is 5.92 Å². The number of rotatable bonds is 11. The Morgan fingerprint density at radius 1 is 0.933 bits per heavy atom. The molecule has 0 aliphatic rings. The molecule has 0 fully saturated rings. The van der Waals surface area contributed by atoms with Gasteiger partial charge in [-0.3, -0.25) is 0 Å². The van der Waals surface area contributed by atoms with Crippen LogP contribution >= 0.6 is 0 Å². The predicted octanol–water partition coefficient (Wildman–Crippen LogP) is 1.07. The molecule has 92 valence electrons.